The van der Waals surface area contributed by atoms with Gasteiger partial charge in [0.15, 0.2) is 0 Å². The van der Waals surface area contributed by atoms with Gasteiger partial charge in [0.05, 0.1) is 23.5 Å². The fourth-order valence-electron chi connectivity index (χ4n) is 2.44. The highest BCUT2D eigenvalue weighted by atomic mass is 14.9. The Morgan fingerprint density at radius 3 is 2.62 bits per heavy atom. The Labute approximate surface area is 126 Å². The summed E-state index contributed by atoms with van der Waals surface area (Å²) in [7, 11) is 1.75. The molecular formula is C17H22N4. The molecule has 1 heterocycles. The lowest BCUT2D eigenvalue weighted by Crippen LogP contribution is -2.27. The van der Waals surface area contributed by atoms with E-state index in [1.807, 2.05) is 30.6 Å². The Kier molecular flexibility index (Phi) is 6.00. The summed E-state index contributed by atoms with van der Waals surface area (Å²) in [5.41, 5.74) is 1.71. The second kappa shape index (κ2) is 8.25. The molecule has 21 heavy (non-hydrogen) atoms. The Morgan fingerprint density at radius 2 is 2.00 bits per heavy atom. The minimum absolute atomic E-state index is 0.232. The molecule has 2 atom stereocenters. The summed E-state index contributed by atoms with van der Waals surface area (Å²) < 4.78 is 0. The van der Waals surface area contributed by atoms with E-state index in [2.05, 4.69) is 21.5 Å². The van der Waals surface area contributed by atoms with E-state index < -0.39 is 0 Å². The van der Waals surface area contributed by atoms with Crippen molar-refractivity contribution in [3.8, 4) is 0 Å². The van der Waals surface area contributed by atoms with Gasteiger partial charge >= 0.3 is 0 Å². The standard InChI is InChI=1S/C17H22N4/c1-3-14(18-2)12-20-16-9-4-5-10-17(16)21-13-15-8-6-7-11-19-15/h3,6-8,11-13,16-17H,1,4-5,9-10H2,2H3. The molecule has 0 aromatic carbocycles. The van der Waals surface area contributed by atoms with Gasteiger partial charge in [-0.15, -0.1) is 0 Å². The summed E-state index contributed by atoms with van der Waals surface area (Å²) in [6.07, 6.45) is 11.8. The predicted octanol–water partition coefficient (Wildman–Crippen LogP) is 3.14. The predicted molar refractivity (Wildman–Crippen MR) is 89.9 cm³/mol. The lowest BCUT2D eigenvalue weighted by atomic mass is 9.91. The van der Waals surface area contributed by atoms with E-state index in [0.717, 1.165) is 24.2 Å². The molecule has 1 fully saturated rings. The van der Waals surface area contributed by atoms with Gasteiger partial charge in [-0.25, -0.2) is 0 Å². The van der Waals surface area contributed by atoms with E-state index in [1.54, 1.807) is 19.3 Å². The number of aromatic nitrogens is 1. The lowest BCUT2D eigenvalue weighted by Gasteiger charge is -2.25. The summed E-state index contributed by atoms with van der Waals surface area (Å²) in [6, 6.07) is 6.31. The second-order valence-corrected chi connectivity index (χ2v) is 5.08. The average Bonchev–Trinajstić information content (AvgIpc) is 2.56. The summed E-state index contributed by atoms with van der Waals surface area (Å²) in [5.74, 6) is 0. The van der Waals surface area contributed by atoms with Crippen molar-refractivity contribution in [3.63, 3.8) is 0 Å². The summed E-state index contributed by atoms with van der Waals surface area (Å²) in [6.45, 7) is 3.73. The molecule has 110 valence electrons. The molecule has 4 heteroatoms. The van der Waals surface area contributed by atoms with Gasteiger partial charge in [-0.1, -0.05) is 25.5 Å². The van der Waals surface area contributed by atoms with Crippen molar-refractivity contribution in [1.29, 1.82) is 0 Å². The van der Waals surface area contributed by atoms with Crippen molar-refractivity contribution in [2.45, 2.75) is 37.8 Å². The van der Waals surface area contributed by atoms with Crippen LogP contribution >= 0.6 is 0 Å². The van der Waals surface area contributed by atoms with Crippen LogP contribution in [0.15, 0.2) is 52.0 Å². The van der Waals surface area contributed by atoms with Gasteiger partial charge in [0, 0.05) is 25.7 Å². The van der Waals surface area contributed by atoms with Gasteiger partial charge < -0.3 is 0 Å². The van der Waals surface area contributed by atoms with Crippen molar-refractivity contribution in [1.82, 2.24) is 4.98 Å². The summed E-state index contributed by atoms with van der Waals surface area (Å²) in [4.78, 5) is 17.7. The van der Waals surface area contributed by atoms with Gasteiger partial charge in [0.25, 0.3) is 0 Å². The highest BCUT2D eigenvalue weighted by Gasteiger charge is 2.23. The van der Waals surface area contributed by atoms with Crippen LogP contribution in [0, 0.1) is 0 Å². The van der Waals surface area contributed by atoms with Crippen LogP contribution in [-0.4, -0.2) is 42.3 Å². The van der Waals surface area contributed by atoms with Crippen molar-refractivity contribution in [3.05, 3.63) is 42.7 Å². The van der Waals surface area contributed by atoms with Crippen LogP contribution < -0.4 is 0 Å². The fraction of sp³-hybridized carbons (Fsp3) is 0.412. The highest BCUT2D eigenvalue weighted by molar-refractivity contribution is 6.35. The fourth-order valence-corrected chi connectivity index (χ4v) is 2.44. The van der Waals surface area contributed by atoms with E-state index >= 15 is 0 Å². The summed E-state index contributed by atoms with van der Waals surface area (Å²) in [5, 5.41) is 0. The molecule has 4 nitrogen and oxygen atoms in total. The van der Waals surface area contributed by atoms with Crippen LogP contribution in [0.2, 0.25) is 0 Å². The zero-order valence-corrected chi connectivity index (χ0v) is 12.5. The maximum Gasteiger partial charge on any atom is 0.0807 e. The number of aliphatic imine (C=N–C) groups is 3. The molecular weight excluding hydrogens is 260 g/mol. The SMILES string of the molecule is C=CC(C=NC1CCCCC1N=Cc1ccccn1)=NC. The van der Waals surface area contributed by atoms with Crippen molar-refractivity contribution >= 4 is 18.1 Å². The molecule has 1 aromatic rings. The first-order chi connectivity index (χ1) is 10.3. The maximum atomic E-state index is 4.70. The van der Waals surface area contributed by atoms with E-state index in [1.165, 1.54) is 12.8 Å². The highest BCUT2D eigenvalue weighted by Crippen LogP contribution is 2.23. The van der Waals surface area contributed by atoms with E-state index in [9.17, 15) is 0 Å². The molecule has 1 aromatic heterocycles. The van der Waals surface area contributed by atoms with Crippen LogP contribution in [0.5, 0.6) is 0 Å². The lowest BCUT2D eigenvalue weighted by molar-refractivity contribution is 0.390. The van der Waals surface area contributed by atoms with E-state index in [-0.39, 0.29) is 12.1 Å². The van der Waals surface area contributed by atoms with Crippen molar-refractivity contribution < 1.29 is 0 Å². The Morgan fingerprint density at radius 1 is 1.24 bits per heavy atom. The largest absolute Gasteiger partial charge is 0.287 e. The Balaban J connectivity index is 2.05. The molecule has 1 saturated carbocycles. The van der Waals surface area contributed by atoms with Crippen LogP contribution in [0.4, 0.5) is 0 Å². The van der Waals surface area contributed by atoms with Gasteiger partial charge in [-0.3, -0.25) is 20.0 Å². The molecule has 0 bridgehead atoms. The van der Waals surface area contributed by atoms with Crippen LogP contribution in [0.1, 0.15) is 31.4 Å². The van der Waals surface area contributed by atoms with Crippen molar-refractivity contribution in [2.75, 3.05) is 7.05 Å². The Hall–Kier alpha value is -2.10. The number of hydrogen-bond acceptors (Lipinski definition) is 4. The van der Waals surface area contributed by atoms with E-state index in [0.29, 0.717) is 0 Å². The zero-order chi connectivity index (χ0) is 14.9. The van der Waals surface area contributed by atoms with E-state index in [4.69, 9.17) is 4.99 Å². The first-order valence-electron chi connectivity index (χ1n) is 7.40. The van der Waals surface area contributed by atoms with Gasteiger partial charge in [0.1, 0.15) is 0 Å². The van der Waals surface area contributed by atoms with Gasteiger partial charge in [0.2, 0.25) is 0 Å². The zero-order valence-electron chi connectivity index (χ0n) is 12.5. The second-order valence-electron chi connectivity index (χ2n) is 5.08. The first-order valence-corrected chi connectivity index (χ1v) is 7.40. The molecule has 2 rings (SSSR count). The third-order valence-corrected chi connectivity index (χ3v) is 3.65. The molecule has 1 aliphatic rings. The topological polar surface area (TPSA) is 50.0 Å². The molecule has 1 aliphatic carbocycles. The minimum Gasteiger partial charge on any atom is -0.287 e. The van der Waals surface area contributed by atoms with Crippen LogP contribution in [0.25, 0.3) is 0 Å². The Bertz CT molecular complexity index is 531. The van der Waals surface area contributed by atoms with Crippen LogP contribution in [-0.2, 0) is 0 Å². The monoisotopic (exact) mass is 282 g/mol. The third-order valence-electron chi connectivity index (χ3n) is 3.65. The first kappa shape index (κ1) is 15.3. The minimum atomic E-state index is 0.232. The third kappa shape index (κ3) is 4.74. The van der Waals surface area contributed by atoms with Gasteiger partial charge in [-0.05, 0) is 31.1 Å². The molecule has 0 saturated heterocycles. The molecule has 0 spiro atoms. The van der Waals surface area contributed by atoms with Gasteiger partial charge in [-0.2, -0.15) is 0 Å². The van der Waals surface area contributed by atoms with Crippen LogP contribution in [0.3, 0.4) is 0 Å². The smallest absolute Gasteiger partial charge is 0.0807 e. The number of pyridine rings is 1. The number of nitrogens with zero attached hydrogens (tertiary/aromatic N) is 4. The van der Waals surface area contributed by atoms with Crippen molar-refractivity contribution in [2.24, 2.45) is 15.0 Å². The molecule has 0 amide bonds. The number of rotatable bonds is 5. The normalized spacial score (nSPS) is 23.8. The molecule has 0 N–H and O–H groups in total. The average molecular weight is 282 g/mol. The molecule has 0 radical (unpaired) electrons. The maximum absolute atomic E-state index is 4.70. The number of hydrogen-bond donors (Lipinski definition) is 0. The quantitative estimate of drug-likeness (QED) is 0.765. The number of allylic oxidation sites excluding steroid dienone is 1. The molecule has 2 unspecified atom stereocenters. The summed E-state index contributed by atoms with van der Waals surface area (Å²) >= 11 is 0. The molecule has 0 aliphatic heterocycles.